The number of rotatable bonds is 5. The predicted octanol–water partition coefficient (Wildman–Crippen LogP) is 4.92. The molecule has 0 unspecified atom stereocenters. The van der Waals surface area contributed by atoms with Gasteiger partial charge in [-0.05, 0) is 35.2 Å². The van der Waals surface area contributed by atoms with Crippen molar-refractivity contribution in [2.75, 3.05) is 19.8 Å². The average Bonchev–Trinajstić information content (AvgIpc) is 3.58. The van der Waals surface area contributed by atoms with E-state index in [4.69, 9.17) is 5.73 Å². The number of aryl methyl sites for hydroxylation is 1. The van der Waals surface area contributed by atoms with Gasteiger partial charge in [0.25, 0.3) is 0 Å². The Morgan fingerprint density at radius 1 is 1.11 bits per heavy atom. The van der Waals surface area contributed by atoms with Crippen LogP contribution in [0.3, 0.4) is 0 Å². The molecule has 4 aromatic heterocycles. The summed E-state index contributed by atoms with van der Waals surface area (Å²) in [6.07, 6.45) is 5.99. The number of nitrogens with two attached hydrogens (primary N) is 1. The molecule has 0 fully saturated rings. The number of aromatic amines is 1. The van der Waals surface area contributed by atoms with E-state index in [0.29, 0.717) is 13.0 Å². The highest BCUT2D eigenvalue weighted by molar-refractivity contribution is 7.22. The minimum absolute atomic E-state index is 0.0663. The summed E-state index contributed by atoms with van der Waals surface area (Å²) in [5.41, 5.74) is 11.6. The van der Waals surface area contributed by atoms with Crippen LogP contribution in [0, 0.1) is 0 Å². The molecule has 0 aliphatic carbocycles. The highest BCUT2D eigenvalue weighted by Gasteiger charge is 2.18. The largest absolute Gasteiger partial charge is 0.368 e. The average molecular weight is 482 g/mol. The van der Waals surface area contributed by atoms with E-state index in [2.05, 4.69) is 62.6 Å². The number of hydrogen-bond acceptors (Lipinski definition) is 6. The number of amides is 1. The minimum Gasteiger partial charge on any atom is -0.368 e. The Morgan fingerprint density at radius 2 is 1.97 bits per heavy atom. The van der Waals surface area contributed by atoms with Crippen molar-refractivity contribution in [3.63, 3.8) is 0 Å². The lowest BCUT2D eigenvalue weighted by Gasteiger charge is -2.10. The van der Waals surface area contributed by atoms with Crippen LogP contribution < -0.4 is 5.73 Å². The number of aromatic nitrogens is 5. The highest BCUT2D eigenvalue weighted by atomic mass is 32.1. The third-order valence-corrected chi connectivity index (χ3v) is 7.40. The number of thiophene rings is 1. The van der Waals surface area contributed by atoms with Crippen molar-refractivity contribution in [2.24, 2.45) is 0 Å². The first-order valence-corrected chi connectivity index (χ1v) is 12.1. The van der Waals surface area contributed by atoms with Crippen molar-refractivity contribution in [3.8, 4) is 21.6 Å². The zero-order valence-corrected chi connectivity index (χ0v) is 20.1. The number of hydrogen-bond donors (Lipinski definition) is 2. The molecular weight excluding hydrogens is 458 g/mol. The summed E-state index contributed by atoms with van der Waals surface area (Å²) in [5, 5.41) is 9.71. The lowest BCUT2D eigenvalue weighted by atomic mass is 10.0. The van der Waals surface area contributed by atoms with Crippen LogP contribution in [0.4, 0.5) is 5.95 Å². The third kappa shape index (κ3) is 3.70. The normalized spacial score (nSPS) is 11.6. The van der Waals surface area contributed by atoms with Crippen LogP contribution in [0.5, 0.6) is 0 Å². The molecule has 0 spiro atoms. The molecular formula is C26H23N7OS. The maximum Gasteiger partial charge on any atom is 0.223 e. The summed E-state index contributed by atoms with van der Waals surface area (Å²) >= 11 is 1.76. The van der Waals surface area contributed by atoms with Crippen LogP contribution >= 0.6 is 11.3 Å². The molecule has 0 bridgehead atoms. The van der Waals surface area contributed by atoms with E-state index in [1.54, 1.807) is 36.5 Å². The highest BCUT2D eigenvalue weighted by Crippen LogP contribution is 2.40. The fraction of sp³-hybridized carbons (Fsp3) is 0.154. The van der Waals surface area contributed by atoms with Gasteiger partial charge in [0, 0.05) is 59.3 Å². The first kappa shape index (κ1) is 21.3. The van der Waals surface area contributed by atoms with Crippen LogP contribution in [0.1, 0.15) is 6.42 Å². The van der Waals surface area contributed by atoms with Gasteiger partial charge in [-0.25, -0.2) is 9.97 Å². The van der Waals surface area contributed by atoms with E-state index in [-0.39, 0.29) is 11.9 Å². The Labute approximate surface area is 205 Å². The molecule has 8 nitrogen and oxygen atoms in total. The van der Waals surface area contributed by atoms with E-state index in [0.717, 1.165) is 43.5 Å². The molecule has 9 heteroatoms. The van der Waals surface area contributed by atoms with Gasteiger partial charge in [-0.1, -0.05) is 18.2 Å². The summed E-state index contributed by atoms with van der Waals surface area (Å²) in [6, 6.07) is 14.9. The number of nitrogen functional groups attached to an aromatic ring is 1. The summed E-state index contributed by atoms with van der Waals surface area (Å²) in [7, 11) is 3.53. The zero-order valence-electron chi connectivity index (χ0n) is 19.3. The van der Waals surface area contributed by atoms with E-state index < -0.39 is 0 Å². The second kappa shape index (κ2) is 8.21. The van der Waals surface area contributed by atoms with Crippen molar-refractivity contribution in [1.82, 2.24) is 29.6 Å². The zero-order chi connectivity index (χ0) is 24.1. The number of anilines is 1. The molecule has 6 rings (SSSR count). The predicted molar refractivity (Wildman–Crippen MR) is 141 cm³/mol. The van der Waals surface area contributed by atoms with Gasteiger partial charge in [0.1, 0.15) is 5.52 Å². The van der Waals surface area contributed by atoms with Gasteiger partial charge in [0.05, 0.1) is 23.4 Å². The van der Waals surface area contributed by atoms with E-state index in [1.165, 1.54) is 10.1 Å². The lowest BCUT2D eigenvalue weighted by molar-refractivity contribution is -0.128. The van der Waals surface area contributed by atoms with Gasteiger partial charge in [0.15, 0.2) is 0 Å². The van der Waals surface area contributed by atoms with Crippen molar-refractivity contribution in [3.05, 3.63) is 61.1 Å². The molecule has 6 aromatic rings. The molecule has 0 saturated heterocycles. The maximum absolute atomic E-state index is 12.2. The molecule has 0 radical (unpaired) electrons. The molecule has 0 atom stereocenters. The number of benzene rings is 2. The van der Waals surface area contributed by atoms with Gasteiger partial charge in [0.2, 0.25) is 11.9 Å². The van der Waals surface area contributed by atoms with Gasteiger partial charge < -0.3 is 15.2 Å². The van der Waals surface area contributed by atoms with Crippen molar-refractivity contribution in [1.29, 1.82) is 0 Å². The van der Waals surface area contributed by atoms with Crippen molar-refractivity contribution in [2.45, 2.75) is 13.0 Å². The first-order valence-electron chi connectivity index (χ1n) is 11.3. The number of carbonyl (C=O) groups excluding carboxylic acids is 1. The van der Waals surface area contributed by atoms with Crippen LogP contribution in [0.2, 0.25) is 0 Å². The van der Waals surface area contributed by atoms with Gasteiger partial charge >= 0.3 is 0 Å². The number of nitrogens with zero attached hydrogens (tertiary/aromatic N) is 5. The van der Waals surface area contributed by atoms with Crippen LogP contribution in [0.25, 0.3) is 53.6 Å². The quantitative estimate of drug-likeness (QED) is 0.364. The molecule has 4 heterocycles. The summed E-state index contributed by atoms with van der Waals surface area (Å²) in [5.74, 6) is 0.284. The Kier molecular flexibility index (Phi) is 5.00. The number of fused-ring (bicyclic) bond motifs is 3. The molecule has 174 valence electrons. The molecule has 0 aliphatic heterocycles. The fourth-order valence-electron chi connectivity index (χ4n) is 4.44. The lowest BCUT2D eigenvalue weighted by Crippen LogP contribution is -2.22. The Hall–Kier alpha value is -4.24. The van der Waals surface area contributed by atoms with E-state index in [1.807, 2.05) is 17.0 Å². The number of carbonyl (C=O) groups is 1. The van der Waals surface area contributed by atoms with Gasteiger partial charge in [-0.15, -0.1) is 11.3 Å². The molecule has 0 aliphatic rings. The van der Waals surface area contributed by atoms with Crippen molar-refractivity contribution < 1.29 is 4.79 Å². The number of H-pyrrole nitrogens is 1. The summed E-state index contributed by atoms with van der Waals surface area (Å²) in [6.45, 7) is 0.526. The molecule has 1 amide bonds. The van der Waals surface area contributed by atoms with E-state index in [9.17, 15) is 4.79 Å². The molecule has 0 saturated carbocycles. The Morgan fingerprint density at radius 3 is 2.80 bits per heavy atom. The van der Waals surface area contributed by atoms with Crippen molar-refractivity contribution >= 4 is 55.2 Å². The first-order chi connectivity index (χ1) is 17.0. The molecule has 35 heavy (non-hydrogen) atoms. The SMILES string of the molecule is CN(C)C(=O)CCn1cc(-c2cc(-c3cc4ccccc4s3)c3[nH]ncc3c2)c2nc(N)ncc21. The second-order valence-electron chi connectivity index (χ2n) is 8.74. The maximum atomic E-state index is 12.2. The Bertz CT molecular complexity index is 1690. The standard InChI is InChI=1S/C26H23N7OS/c1-32(2)23(34)7-8-33-14-19(25-20(33)13-28-26(27)30-25)16-9-17-12-29-31-24(17)18(10-16)22-11-15-5-3-4-6-21(15)35-22/h3-6,9-14H,7-8H2,1-2H3,(H,29,31)(H2,27,28,30). The molecule has 2 aromatic carbocycles. The van der Waals surface area contributed by atoms with Crippen LogP contribution in [-0.2, 0) is 11.3 Å². The fourth-order valence-corrected chi connectivity index (χ4v) is 5.53. The third-order valence-electron chi connectivity index (χ3n) is 6.25. The monoisotopic (exact) mass is 481 g/mol. The summed E-state index contributed by atoms with van der Waals surface area (Å²) in [4.78, 5) is 23.8. The number of nitrogens with one attached hydrogen (secondary N) is 1. The molecule has 3 N–H and O–H groups in total. The van der Waals surface area contributed by atoms with Crippen LogP contribution in [-0.4, -0.2) is 49.6 Å². The van der Waals surface area contributed by atoms with Gasteiger partial charge in [-0.2, -0.15) is 5.10 Å². The van der Waals surface area contributed by atoms with Gasteiger partial charge in [-0.3, -0.25) is 9.89 Å². The minimum atomic E-state index is 0.0663. The Balaban J connectivity index is 1.52. The van der Waals surface area contributed by atoms with E-state index >= 15 is 0 Å². The second-order valence-corrected chi connectivity index (χ2v) is 9.83. The smallest absolute Gasteiger partial charge is 0.223 e. The topological polar surface area (TPSA) is 106 Å². The summed E-state index contributed by atoms with van der Waals surface area (Å²) < 4.78 is 3.27. The van der Waals surface area contributed by atoms with Crippen LogP contribution in [0.15, 0.2) is 61.1 Å².